The van der Waals surface area contributed by atoms with E-state index in [4.69, 9.17) is 17.4 Å². The number of hydrazine groups is 1. The minimum Gasteiger partial charge on any atom is -0.271 e. The standard InChI is InChI=1S/C10H17ClN2S2/c1-3-7(2)14-6-8(13-12)9-4-5-10(11)15-9/h4-5,7-8,13H,3,6,12H2,1-2H3. The van der Waals surface area contributed by atoms with Gasteiger partial charge in [-0.3, -0.25) is 11.3 Å². The van der Waals surface area contributed by atoms with E-state index in [9.17, 15) is 0 Å². The molecule has 0 aromatic carbocycles. The van der Waals surface area contributed by atoms with E-state index < -0.39 is 0 Å². The van der Waals surface area contributed by atoms with Crippen LogP contribution in [0.4, 0.5) is 0 Å². The Kier molecular flexibility index (Phi) is 6.00. The molecule has 1 aromatic heterocycles. The van der Waals surface area contributed by atoms with Crippen molar-refractivity contribution in [1.82, 2.24) is 5.43 Å². The number of rotatable bonds is 6. The lowest BCUT2D eigenvalue weighted by Crippen LogP contribution is -2.29. The molecule has 0 fully saturated rings. The Morgan fingerprint density at radius 1 is 1.60 bits per heavy atom. The highest BCUT2D eigenvalue weighted by molar-refractivity contribution is 7.99. The molecule has 0 aliphatic heterocycles. The van der Waals surface area contributed by atoms with Crippen molar-refractivity contribution in [2.75, 3.05) is 5.75 Å². The van der Waals surface area contributed by atoms with E-state index >= 15 is 0 Å². The van der Waals surface area contributed by atoms with Crippen LogP contribution in [-0.2, 0) is 0 Å². The summed E-state index contributed by atoms with van der Waals surface area (Å²) < 4.78 is 0.818. The largest absolute Gasteiger partial charge is 0.271 e. The molecule has 0 amide bonds. The molecule has 0 saturated heterocycles. The van der Waals surface area contributed by atoms with Crippen molar-refractivity contribution in [3.05, 3.63) is 21.3 Å². The van der Waals surface area contributed by atoms with Crippen molar-refractivity contribution in [1.29, 1.82) is 0 Å². The van der Waals surface area contributed by atoms with Gasteiger partial charge in [0.1, 0.15) is 0 Å². The molecule has 1 rings (SSSR count). The molecule has 0 aliphatic rings. The zero-order chi connectivity index (χ0) is 11.3. The number of nitrogens with two attached hydrogens (primary N) is 1. The Morgan fingerprint density at radius 2 is 2.33 bits per heavy atom. The summed E-state index contributed by atoms with van der Waals surface area (Å²) in [6.45, 7) is 4.43. The minimum absolute atomic E-state index is 0.210. The molecular weight excluding hydrogens is 248 g/mol. The van der Waals surface area contributed by atoms with Crippen LogP contribution in [-0.4, -0.2) is 11.0 Å². The van der Waals surface area contributed by atoms with Crippen LogP contribution in [0.25, 0.3) is 0 Å². The summed E-state index contributed by atoms with van der Waals surface area (Å²) in [4.78, 5) is 1.21. The third-order valence-electron chi connectivity index (χ3n) is 2.26. The Hall–Kier alpha value is 0.260. The third kappa shape index (κ3) is 4.33. The average molecular weight is 265 g/mol. The van der Waals surface area contributed by atoms with E-state index in [1.807, 2.05) is 23.9 Å². The number of hydrogen-bond acceptors (Lipinski definition) is 4. The lowest BCUT2D eigenvalue weighted by molar-refractivity contribution is 0.619. The molecule has 15 heavy (non-hydrogen) atoms. The molecule has 5 heteroatoms. The molecule has 1 aromatic rings. The van der Waals surface area contributed by atoms with E-state index in [0.29, 0.717) is 5.25 Å². The molecule has 1 heterocycles. The first-order chi connectivity index (χ1) is 7.17. The summed E-state index contributed by atoms with van der Waals surface area (Å²) in [5.41, 5.74) is 2.84. The maximum absolute atomic E-state index is 5.89. The number of hydrogen-bond donors (Lipinski definition) is 2. The fraction of sp³-hybridized carbons (Fsp3) is 0.600. The van der Waals surface area contributed by atoms with Crippen molar-refractivity contribution >= 4 is 34.7 Å². The summed E-state index contributed by atoms with van der Waals surface area (Å²) in [7, 11) is 0. The van der Waals surface area contributed by atoms with Gasteiger partial charge in [-0.15, -0.1) is 11.3 Å². The van der Waals surface area contributed by atoms with Crippen LogP contribution >= 0.6 is 34.7 Å². The zero-order valence-corrected chi connectivity index (χ0v) is 11.4. The van der Waals surface area contributed by atoms with Gasteiger partial charge < -0.3 is 0 Å². The maximum atomic E-state index is 5.89. The molecule has 2 unspecified atom stereocenters. The summed E-state index contributed by atoms with van der Waals surface area (Å²) in [5.74, 6) is 6.53. The fourth-order valence-electron chi connectivity index (χ4n) is 1.11. The predicted octanol–water partition coefficient (Wildman–Crippen LogP) is 3.44. The lowest BCUT2D eigenvalue weighted by Gasteiger charge is -2.16. The molecule has 0 bridgehead atoms. The highest BCUT2D eigenvalue weighted by atomic mass is 35.5. The van der Waals surface area contributed by atoms with Crippen molar-refractivity contribution in [3.63, 3.8) is 0 Å². The lowest BCUT2D eigenvalue weighted by atomic mass is 10.3. The van der Waals surface area contributed by atoms with E-state index in [-0.39, 0.29) is 6.04 Å². The molecule has 0 radical (unpaired) electrons. The Morgan fingerprint density at radius 3 is 2.80 bits per heavy atom. The van der Waals surface area contributed by atoms with Gasteiger partial charge in [0.2, 0.25) is 0 Å². The van der Waals surface area contributed by atoms with Gasteiger partial charge in [-0.2, -0.15) is 11.8 Å². The first kappa shape index (κ1) is 13.3. The Bertz CT molecular complexity index is 291. The molecule has 86 valence electrons. The van der Waals surface area contributed by atoms with Crippen LogP contribution in [0.5, 0.6) is 0 Å². The second-order valence-electron chi connectivity index (χ2n) is 3.41. The van der Waals surface area contributed by atoms with Gasteiger partial charge >= 0.3 is 0 Å². The Balaban J connectivity index is 2.49. The van der Waals surface area contributed by atoms with Gasteiger partial charge in [-0.1, -0.05) is 25.4 Å². The van der Waals surface area contributed by atoms with E-state index in [1.165, 1.54) is 11.3 Å². The summed E-state index contributed by atoms with van der Waals surface area (Å²) in [6.07, 6.45) is 1.19. The molecule has 2 atom stereocenters. The normalized spacial score (nSPS) is 15.2. The average Bonchev–Trinajstić information content (AvgIpc) is 2.65. The van der Waals surface area contributed by atoms with Crippen LogP contribution in [0.15, 0.2) is 12.1 Å². The maximum Gasteiger partial charge on any atom is 0.0931 e. The third-order valence-corrected chi connectivity index (χ3v) is 5.03. The van der Waals surface area contributed by atoms with Crippen molar-refractivity contribution in [3.8, 4) is 0 Å². The van der Waals surface area contributed by atoms with Gasteiger partial charge in [0, 0.05) is 15.9 Å². The SMILES string of the molecule is CCC(C)SCC(NN)c1ccc(Cl)s1. The quantitative estimate of drug-likeness (QED) is 0.611. The minimum atomic E-state index is 0.210. The first-order valence-electron chi connectivity index (χ1n) is 5.00. The number of nitrogens with one attached hydrogen (secondary N) is 1. The summed E-state index contributed by atoms with van der Waals surface area (Å²) in [5, 5.41) is 0.677. The van der Waals surface area contributed by atoms with Crippen LogP contribution in [0.3, 0.4) is 0 Å². The molecule has 0 aliphatic carbocycles. The van der Waals surface area contributed by atoms with Crippen LogP contribution in [0, 0.1) is 0 Å². The molecule has 0 saturated carbocycles. The smallest absolute Gasteiger partial charge is 0.0931 e. The van der Waals surface area contributed by atoms with Crippen molar-refractivity contribution in [2.24, 2.45) is 5.84 Å². The summed E-state index contributed by atoms with van der Waals surface area (Å²) >= 11 is 9.42. The van der Waals surface area contributed by atoms with Gasteiger partial charge in [0.25, 0.3) is 0 Å². The second kappa shape index (κ2) is 6.76. The van der Waals surface area contributed by atoms with Crippen LogP contribution in [0.2, 0.25) is 4.34 Å². The van der Waals surface area contributed by atoms with E-state index in [1.54, 1.807) is 11.3 Å². The topological polar surface area (TPSA) is 38.0 Å². The van der Waals surface area contributed by atoms with Gasteiger partial charge in [0.05, 0.1) is 10.4 Å². The molecule has 2 nitrogen and oxygen atoms in total. The van der Waals surface area contributed by atoms with Crippen LogP contribution in [0.1, 0.15) is 31.2 Å². The van der Waals surface area contributed by atoms with Gasteiger partial charge in [-0.05, 0) is 18.6 Å². The fourth-order valence-corrected chi connectivity index (χ4v) is 3.37. The Labute approximate surface area is 105 Å². The van der Waals surface area contributed by atoms with Crippen molar-refractivity contribution in [2.45, 2.75) is 31.6 Å². The number of thiophene rings is 1. The van der Waals surface area contributed by atoms with E-state index in [2.05, 4.69) is 19.3 Å². The predicted molar refractivity (Wildman–Crippen MR) is 71.6 cm³/mol. The summed E-state index contributed by atoms with van der Waals surface area (Å²) in [6, 6.07) is 4.16. The highest BCUT2D eigenvalue weighted by Crippen LogP contribution is 2.29. The molecular formula is C10H17ClN2S2. The number of thioether (sulfide) groups is 1. The first-order valence-corrected chi connectivity index (χ1v) is 7.24. The van der Waals surface area contributed by atoms with Gasteiger partial charge in [0.15, 0.2) is 0 Å². The monoisotopic (exact) mass is 264 g/mol. The number of halogens is 1. The highest BCUT2D eigenvalue weighted by Gasteiger charge is 2.13. The van der Waals surface area contributed by atoms with Crippen LogP contribution < -0.4 is 11.3 Å². The zero-order valence-electron chi connectivity index (χ0n) is 9.00. The van der Waals surface area contributed by atoms with E-state index in [0.717, 1.165) is 10.1 Å². The molecule has 0 spiro atoms. The molecule has 3 N–H and O–H groups in total. The van der Waals surface area contributed by atoms with Gasteiger partial charge in [-0.25, -0.2) is 0 Å². The van der Waals surface area contributed by atoms with Crippen molar-refractivity contribution < 1.29 is 0 Å². The second-order valence-corrected chi connectivity index (χ2v) is 6.63.